The molecule has 0 amide bonds. The van der Waals surface area contributed by atoms with Crippen molar-refractivity contribution < 1.29 is 13.9 Å². The Morgan fingerprint density at radius 1 is 1.13 bits per heavy atom. The molecule has 0 spiro atoms. The van der Waals surface area contributed by atoms with E-state index in [9.17, 15) is 4.39 Å². The van der Waals surface area contributed by atoms with E-state index in [-0.39, 0.29) is 17.3 Å². The largest absolute Gasteiger partial charge is 0.376 e. The molecule has 5 nitrogen and oxygen atoms in total. The van der Waals surface area contributed by atoms with Gasteiger partial charge in [-0.15, -0.1) is 0 Å². The summed E-state index contributed by atoms with van der Waals surface area (Å²) in [6.45, 7) is 4.38. The standard InChI is InChI=1S/C25H38FN3O2/c1-27-24(28-19-25(13-3-4-14-25)20-7-9-21(26)10-8-20)29-15-11-22(12-16-29)31-18-23-6-2-5-17-30-23/h7-10,22-23H,2-6,11-19H2,1H3,(H,27,28). The van der Waals surface area contributed by atoms with Gasteiger partial charge in [0.1, 0.15) is 5.82 Å². The van der Waals surface area contributed by atoms with Crippen LogP contribution in [0, 0.1) is 5.82 Å². The second-order valence-corrected chi connectivity index (χ2v) is 9.40. The van der Waals surface area contributed by atoms with Gasteiger partial charge >= 0.3 is 0 Å². The number of aliphatic imine (C=N–C) groups is 1. The molecule has 3 fully saturated rings. The Kier molecular flexibility index (Phi) is 7.83. The molecule has 0 bridgehead atoms. The number of nitrogens with zero attached hydrogens (tertiary/aromatic N) is 2. The third-order valence-electron chi connectivity index (χ3n) is 7.35. The van der Waals surface area contributed by atoms with E-state index >= 15 is 0 Å². The van der Waals surface area contributed by atoms with E-state index in [1.54, 1.807) is 12.1 Å². The Bertz CT molecular complexity index is 704. The van der Waals surface area contributed by atoms with Crippen LogP contribution in [0.4, 0.5) is 4.39 Å². The van der Waals surface area contributed by atoms with Crippen molar-refractivity contribution in [1.82, 2.24) is 10.2 Å². The summed E-state index contributed by atoms with van der Waals surface area (Å²) in [6.07, 6.45) is 11.0. The molecule has 31 heavy (non-hydrogen) atoms. The maximum Gasteiger partial charge on any atom is 0.193 e. The fourth-order valence-corrected chi connectivity index (χ4v) is 5.42. The number of nitrogens with one attached hydrogen (secondary N) is 1. The lowest BCUT2D eigenvalue weighted by atomic mass is 9.79. The van der Waals surface area contributed by atoms with Gasteiger partial charge in [0, 0.05) is 38.7 Å². The number of hydrogen-bond donors (Lipinski definition) is 1. The number of likely N-dealkylation sites (tertiary alicyclic amines) is 1. The van der Waals surface area contributed by atoms with Crippen molar-refractivity contribution >= 4 is 5.96 Å². The van der Waals surface area contributed by atoms with Crippen molar-refractivity contribution in [3.8, 4) is 0 Å². The highest BCUT2D eigenvalue weighted by Gasteiger charge is 2.36. The lowest BCUT2D eigenvalue weighted by molar-refractivity contribution is -0.0721. The number of halogens is 1. The Balaban J connectivity index is 1.27. The minimum atomic E-state index is -0.166. The number of rotatable bonds is 6. The summed E-state index contributed by atoms with van der Waals surface area (Å²) in [4.78, 5) is 6.92. The summed E-state index contributed by atoms with van der Waals surface area (Å²) in [5, 5.41) is 3.65. The first kappa shape index (κ1) is 22.5. The summed E-state index contributed by atoms with van der Waals surface area (Å²) in [5.74, 6) is 0.809. The molecule has 1 aliphatic carbocycles. The van der Waals surface area contributed by atoms with Gasteiger partial charge in [0.15, 0.2) is 5.96 Å². The average Bonchev–Trinajstić information content (AvgIpc) is 3.30. The van der Waals surface area contributed by atoms with Crippen molar-refractivity contribution in [2.45, 2.75) is 75.4 Å². The molecular weight excluding hydrogens is 393 g/mol. The Morgan fingerprint density at radius 2 is 1.87 bits per heavy atom. The first-order valence-corrected chi connectivity index (χ1v) is 12.1. The van der Waals surface area contributed by atoms with Crippen LogP contribution in [0.5, 0.6) is 0 Å². The average molecular weight is 432 g/mol. The van der Waals surface area contributed by atoms with Crippen molar-refractivity contribution in [1.29, 1.82) is 0 Å². The molecule has 2 aliphatic heterocycles. The molecule has 1 unspecified atom stereocenters. The van der Waals surface area contributed by atoms with Gasteiger partial charge in [-0.05, 0) is 62.6 Å². The van der Waals surface area contributed by atoms with Gasteiger partial charge in [-0.3, -0.25) is 4.99 Å². The molecule has 6 heteroatoms. The summed E-state index contributed by atoms with van der Waals surface area (Å²) < 4.78 is 25.4. The van der Waals surface area contributed by atoms with Crippen LogP contribution >= 0.6 is 0 Å². The maximum atomic E-state index is 13.4. The molecule has 0 radical (unpaired) electrons. The lowest BCUT2D eigenvalue weighted by Gasteiger charge is -2.37. The van der Waals surface area contributed by atoms with Crippen LogP contribution in [-0.2, 0) is 14.9 Å². The first-order valence-electron chi connectivity index (χ1n) is 12.1. The summed E-state index contributed by atoms with van der Waals surface area (Å²) in [5.41, 5.74) is 1.32. The van der Waals surface area contributed by atoms with Crippen molar-refractivity contribution in [3.05, 3.63) is 35.6 Å². The molecule has 0 aromatic heterocycles. The van der Waals surface area contributed by atoms with Gasteiger partial charge < -0.3 is 19.7 Å². The predicted molar refractivity (Wildman–Crippen MR) is 122 cm³/mol. The molecule has 1 atom stereocenters. The number of ether oxygens (including phenoxy) is 2. The molecule has 1 aromatic rings. The smallest absolute Gasteiger partial charge is 0.193 e. The SMILES string of the molecule is CN=C(NCC1(c2ccc(F)cc2)CCCC1)N1CCC(OCC2CCCCO2)CC1. The second kappa shape index (κ2) is 10.8. The van der Waals surface area contributed by atoms with Crippen molar-refractivity contribution in [3.63, 3.8) is 0 Å². The molecule has 1 aromatic carbocycles. The number of piperidine rings is 1. The minimum Gasteiger partial charge on any atom is -0.376 e. The van der Waals surface area contributed by atoms with Crippen LogP contribution in [0.3, 0.4) is 0 Å². The van der Waals surface area contributed by atoms with Gasteiger partial charge in [0.25, 0.3) is 0 Å². The van der Waals surface area contributed by atoms with E-state index < -0.39 is 0 Å². The molecule has 3 aliphatic rings. The van der Waals surface area contributed by atoms with E-state index in [4.69, 9.17) is 9.47 Å². The zero-order valence-corrected chi connectivity index (χ0v) is 19.0. The highest BCUT2D eigenvalue weighted by atomic mass is 19.1. The van der Waals surface area contributed by atoms with Gasteiger partial charge in [-0.2, -0.15) is 0 Å². The van der Waals surface area contributed by atoms with Crippen molar-refractivity contribution in [2.24, 2.45) is 4.99 Å². The van der Waals surface area contributed by atoms with Gasteiger partial charge in [-0.25, -0.2) is 4.39 Å². The quantitative estimate of drug-likeness (QED) is 0.540. The molecule has 2 heterocycles. The van der Waals surface area contributed by atoms with Crippen LogP contribution in [-0.4, -0.2) is 63.0 Å². The van der Waals surface area contributed by atoms with E-state index in [0.717, 1.165) is 70.9 Å². The molecule has 4 rings (SSSR count). The highest BCUT2D eigenvalue weighted by Crippen LogP contribution is 2.40. The van der Waals surface area contributed by atoms with E-state index in [1.807, 2.05) is 19.2 Å². The molecule has 1 N–H and O–H groups in total. The lowest BCUT2D eigenvalue weighted by Crippen LogP contribution is -2.50. The summed E-state index contributed by atoms with van der Waals surface area (Å²) >= 11 is 0. The zero-order valence-electron chi connectivity index (χ0n) is 19.0. The van der Waals surface area contributed by atoms with Crippen LogP contribution in [0.1, 0.15) is 63.4 Å². The highest BCUT2D eigenvalue weighted by molar-refractivity contribution is 5.80. The topological polar surface area (TPSA) is 46.1 Å². The Labute approximate surface area is 186 Å². The fourth-order valence-electron chi connectivity index (χ4n) is 5.42. The van der Waals surface area contributed by atoms with E-state index in [1.165, 1.54) is 31.2 Å². The van der Waals surface area contributed by atoms with E-state index in [0.29, 0.717) is 6.10 Å². The van der Waals surface area contributed by atoms with Gasteiger partial charge in [0.2, 0.25) is 0 Å². The van der Waals surface area contributed by atoms with Crippen LogP contribution in [0.2, 0.25) is 0 Å². The molecular formula is C25H38FN3O2. The third kappa shape index (κ3) is 5.78. The predicted octanol–water partition coefficient (Wildman–Crippen LogP) is 4.26. The number of hydrogen-bond acceptors (Lipinski definition) is 3. The third-order valence-corrected chi connectivity index (χ3v) is 7.35. The Morgan fingerprint density at radius 3 is 2.52 bits per heavy atom. The molecule has 2 saturated heterocycles. The Hall–Kier alpha value is -1.66. The van der Waals surface area contributed by atoms with Gasteiger partial charge in [-0.1, -0.05) is 25.0 Å². The minimum absolute atomic E-state index is 0.0745. The summed E-state index contributed by atoms with van der Waals surface area (Å²) in [6, 6.07) is 7.11. The van der Waals surface area contributed by atoms with E-state index in [2.05, 4.69) is 15.2 Å². The zero-order chi connectivity index (χ0) is 21.5. The molecule has 1 saturated carbocycles. The first-order chi connectivity index (χ1) is 15.2. The molecule has 172 valence electrons. The second-order valence-electron chi connectivity index (χ2n) is 9.40. The van der Waals surface area contributed by atoms with Crippen LogP contribution < -0.4 is 5.32 Å². The normalized spacial score (nSPS) is 25.0. The number of guanidine groups is 1. The fraction of sp³-hybridized carbons (Fsp3) is 0.720. The monoisotopic (exact) mass is 431 g/mol. The van der Waals surface area contributed by atoms with Crippen LogP contribution in [0.25, 0.3) is 0 Å². The maximum absolute atomic E-state index is 13.4. The van der Waals surface area contributed by atoms with Gasteiger partial charge in [0.05, 0.1) is 18.8 Å². The summed E-state index contributed by atoms with van der Waals surface area (Å²) in [7, 11) is 1.87. The van der Waals surface area contributed by atoms with Crippen molar-refractivity contribution in [2.75, 3.05) is 39.9 Å². The van der Waals surface area contributed by atoms with Crippen LogP contribution in [0.15, 0.2) is 29.3 Å². The number of benzene rings is 1.